The summed E-state index contributed by atoms with van der Waals surface area (Å²) >= 11 is 1.50. The van der Waals surface area contributed by atoms with Crippen LogP contribution in [-0.4, -0.2) is 33.2 Å². The Labute approximate surface area is 198 Å². The van der Waals surface area contributed by atoms with E-state index in [1.54, 1.807) is 22.6 Å². The Morgan fingerprint density at radius 3 is 2.42 bits per heavy atom. The van der Waals surface area contributed by atoms with Crippen molar-refractivity contribution in [1.29, 1.82) is 0 Å². The quantitative estimate of drug-likeness (QED) is 0.355. The first kappa shape index (κ1) is 22.8. The molecule has 1 amide bonds. The van der Waals surface area contributed by atoms with E-state index < -0.39 is 6.04 Å². The number of carbonyl (C=O) groups excluding carboxylic acids is 1. The number of fused-ring (bicyclic) bond motifs is 1. The maximum atomic E-state index is 13.6. The number of aryl methyl sites for hydroxylation is 1. The molecule has 0 saturated carbocycles. The zero-order chi connectivity index (χ0) is 23.4. The first-order chi connectivity index (χ1) is 16.0. The van der Waals surface area contributed by atoms with Crippen molar-refractivity contribution in [2.45, 2.75) is 31.2 Å². The molecule has 1 heterocycles. The third-order valence-electron chi connectivity index (χ3n) is 5.87. The number of thioether (sulfide) groups is 1. The van der Waals surface area contributed by atoms with Gasteiger partial charge in [0, 0.05) is 11.9 Å². The van der Waals surface area contributed by atoms with E-state index >= 15 is 0 Å². The number of carbonyl (C=O) groups is 1. The Balaban J connectivity index is 1.75. The Bertz CT molecular complexity index is 1330. The fourth-order valence-electron chi connectivity index (χ4n) is 3.84. The first-order valence-corrected chi connectivity index (χ1v) is 12.0. The van der Waals surface area contributed by atoms with Crippen LogP contribution >= 0.6 is 11.8 Å². The molecule has 0 spiro atoms. The minimum absolute atomic E-state index is 0.0194. The molecule has 0 radical (unpaired) electrons. The van der Waals surface area contributed by atoms with Crippen LogP contribution in [0.4, 0.5) is 0 Å². The van der Waals surface area contributed by atoms with Crippen LogP contribution in [0, 0.1) is 0 Å². The second kappa shape index (κ2) is 10.0. The Morgan fingerprint density at radius 2 is 1.67 bits per heavy atom. The van der Waals surface area contributed by atoms with Crippen molar-refractivity contribution in [3.8, 4) is 5.69 Å². The smallest absolute Gasteiger partial charge is 0.266 e. The van der Waals surface area contributed by atoms with Gasteiger partial charge in [-0.1, -0.05) is 55.5 Å². The minimum Gasteiger partial charge on any atom is -0.335 e. The SMILES string of the molecule is CCc1ccccc1-n1c(C(C)N(C)C(=O)CSc2ccccc2)nc2ccccc2c1=O. The molecule has 4 aromatic rings. The average molecular weight is 458 g/mol. The molecular weight excluding hydrogens is 430 g/mol. The van der Waals surface area contributed by atoms with Crippen molar-refractivity contribution in [1.82, 2.24) is 14.5 Å². The summed E-state index contributed by atoms with van der Waals surface area (Å²) in [5, 5.41) is 0.563. The number of rotatable bonds is 7. The highest BCUT2D eigenvalue weighted by Gasteiger charge is 2.24. The van der Waals surface area contributed by atoms with Gasteiger partial charge in [0.15, 0.2) is 0 Å². The standard InChI is InChI=1S/C27H27N3O2S/c1-4-20-12-8-11-17-24(20)30-26(28-23-16-10-9-15-22(23)27(30)32)19(2)29(3)25(31)18-33-21-13-6-5-7-14-21/h5-17,19H,4,18H2,1-3H3. The van der Waals surface area contributed by atoms with Gasteiger partial charge in [0.05, 0.1) is 28.4 Å². The molecule has 1 atom stereocenters. The summed E-state index contributed by atoms with van der Waals surface area (Å²) in [6.45, 7) is 3.99. The highest BCUT2D eigenvalue weighted by molar-refractivity contribution is 8.00. The van der Waals surface area contributed by atoms with E-state index in [2.05, 4.69) is 6.92 Å². The maximum absolute atomic E-state index is 13.6. The van der Waals surface area contributed by atoms with Gasteiger partial charge >= 0.3 is 0 Å². The van der Waals surface area contributed by atoms with Crippen molar-refractivity contribution in [3.63, 3.8) is 0 Å². The normalized spacial score (nSPS) is 12.0. The van der Waals surface area contributed by atoms with Gasteiger partial charge in [-0.25, -0.2) is 4.98 Å². The Kier molecular flexibility index (Phi) is 6.94. The molecule has 0 fully saturated rings. The van der Waals surface area contributed by atoms with Gasteiger partial charge in [-0.05, 0) is 49.2 Å². The van der Waals surface area contributed by atoms with Gasteiger partial charge in [-0.3, -0.25) is 14.2 Å². The fraction of sp³-hybridized carbons (Fsp3) is 0.222. The van der Waals surface area contributed by atoms with E-state index in [0.29, 0.717) is 22.5 Å². The van der Waals surface area contributed by atoms with E-state index in [4.69, 9.17) is 4.98 Å². The average Bonchev–Trinajstić information content (AvgIpc) is 2.87. The van der Waals surface area contributed by atoms with Crippen molar-refractivity contribution in [2.75, 3.05) is 12.8 Å². The van der Waals surface area contributed by atoms with Crippen LogP contribution in [0.25, 0.3) is 16.6 Å². The highest BCUT2D eigenvalue weighted by Crippen LogP contribution is 2.25. The topological polar surface area (TPSA) is 55.2 Å². The summed E-state index contributed by atoms with van der Waals surface area (Å²) in [6.07, 6.45) is 0.783. The maximum Gasteiger partial charge on any atom is 0.266 e. The molecule has 0 bridgehead atoms. The molecule has 0 saturated heterocycles. The number of benzene rings is 3. The molecule has 5 nitrogen and oxygen atoms in total. The van der Waals surface area contributed by atoms with Crippen LogP contribution < -0.4 is 5.56 Å². The number of amides is 1. The monoisotopic (exact) mass is 457 g/mol. The molecule has 0 N–H and O–H groups in total. The van der Waals surface area contributed by atoms with Crippen molar-refractivity contribution < 1.29 is 4.79 Å². The van der Waals surface area contributed by atoms with E-state index in [1.165, 1.54) is 11.8 Å². The highest BCUT2D eigenvalue weighted by atomic mass is 32.2. The van der Waals surface area contributed by atoms with Crippen molar-refractivity contribution >= 4 is 28.6 Å². The summed E-state index contributed by atoms with van der Waals surface area (Å²) in [7, 11) is 1.77. The lowest BCUT2D eigenvalue weighted by molar-refractivity contribution is -0.129. The van der Waals surface area contributed by atoms with E-state index in [0.717, 1.165) is 22.6 Å². The number of aromatic nitrogens is 2. The van der Waals surface area contributed by atoms with Gasteiger partial charge in [0.1, 0.15) is 5.82 Å². The summed E-state index contributed by atoms with van der Waals surface area (Å²) in [5.74, 6) is 0.850. The molecule has 168 valence electrons. The van der Waals surface area contributed by atoms with Gasteiger partial charge in [0.25, 0.3) is 5.56 Å². The lowest BCUT2D eigenvalue weighted by atomic mass is 10.1. The minimum atomic E-state index is -0.393. The second-order valence-corrected chi connectivity index (χ2v) is 8.94. The fourth-order valence-corrected chi connectivity index (χ4v) is 4.69. The molecule has 1 unspecified atom stereocenters. The summed E-state index contributed by atoms with van der Waals surface area (Å²) in [4.78, 5) is 34.3. The van der Waals surface area contributed by atoms with Crippen LogP contribution in [0.2, 0.25) is 0 Å². The first-order valence-electron chi connectivity index (χ1n) is 11.0. The van der Waals surface area contributed by atoms with E-state index in [1.807, 2.05) is 79.7 Å². The zero-order valence-electron chi connectivity index (χ0n) is 19.1. The molecule has 0 aliphatic rings. The van der Waals surface area contributed by atoms with Crippen LogP contribution in [0.15, 0.2) is 88.6 Å². The number of para-hydroxylation sites is 2. The van der Waals surface area contributed by atoms with E-state index in [-0.39, 0.29) is 11.5 Å². The summed E-state index contributed by atoms with van der Waals surface area (Å²) in [6, 6.07) is 24.7. The third kappa shape index (κ3) is 4.71. The number of nitrogens with zero attached hydrogens (tertiary/aromatic N) is 3. The van der Waals surface area contributed by atoms with Gasteiger partial charge in [-0.15, -0.1) is 11.8 Å². The molecular formula is C27H27N3O2S. The van der Waals surface area contributed by atoms with Crippen LogP contribution in [0.5, 0.6) is 0 Å². The van der Waals surface area contributed by atoms with Crippen LogP contribution in [-0.2, 0) is 11.2 Å². The summed E-state index contributed by atoms with van der Waals surface area (Å²) < 4.78 is 1.68. The lowest BCUT2D eigenvalue weighted by Crippen LogP contribution is -2.36. The predicted molar refractivity (Wildman–Crippen MR) is 135 cm³/mol. The molecule has 1 aromatic heterocycles. The molecule has 4 rings (SSSR count). The molecule has 0 aliphatic heterocycles. The van der Waals surface area contributed by atoms with Crippen molar-refractivity contribution in [2.24, 2.45) is 0 Å². The third-order valence-corrected chi connectivity index (χ3v) is 6.87. The lowest BCUT2D eigenvalue weighted by Gasteiger charge is -2.27. The number of hydrogen-bond donors (Lipinski definition) is 0. The molecule has 3 aromatic carbocycles. The Morgan fingerprint density at radius 1 is 1.00 bits per heavy atom. The van der Waals surface area contributed by atoms with E-state index in [9.17, 15) is 9.59 Å². The number of hydrogen-bond acceptors (Lipinski definition) is 4. The zero-order valence-corrected chi connectivity index (χ0v) is 19.9. The summed E-state index contributed by atoms with van der Waals surface area (Å²) in [5.41, 5.74) is 2.38. The van der Waals surface area contributed by atoms with Gasteiger partial charge < -0.3 is 4.90 Å². The van der Waals surface area contributed by atoms with Crippen LogP contribution in [0.1, 0.15) is 31.3 Å². The largest absolute Gasteiger partial charge is 0.335 e. The van der Waals surface area contributed by atoms with Crippen molar-refractivity contribution in [3.05, 3.63) is 101 Å². The van der Waals surface area contributed by atoms with Gasteiger partial charge in [0.2, 0.25) is 5.91 Å². The Hall–Kier alpha value is -3.38. The molecule has 0 aliphatic carbocycles. The molecule has 33 heavy (non-hydrogen) atoms. The second-order valence-electron chi connectivity index (χ2n) is 7.89. The molecule has 6 heteroatoms. The van der Waals surface area contributed by atoms with Crippen LogP contribution in [0.3, 0.4) is 0 Å². The van der Waals surface area contributed by atoms with Gasteiger partial charge in [-0.2, -0.15) is 0 Å². The predicted octanol–water partition coefficient (Wildman–Crippen LogP) is 5.26.